The van der Waals surface area contributed by atoms with Crippen LogP contribution in [0, 0.1) is 17.3 Å². The van der Waals surface area contributed by atoms with E-state index in [0.717, 1.165) is 0 Å². The van der Waals surface area contributed by atoms with Gasteiger partial charge >= 0.3 is 0 Å². The Morgan fingerprint density at radius 3 is 1.72 bits per heavy atom. The molecule has 0 saturated heterocycles. The number of hydrogen-bond donors (Lipinski definition) is 2. The lowest BCUT2D eigenvalue weighted by molar-refractivity contribution is -0.134. The van der Waals surface area contributed by atoms with Gasteiger partial charge in [-0.15, -0.1) is 0 Å². The van der Waals surface area contributed by atoms with Gasteiger partial charge in [0.05, 0.1) is 12.1 Å². The monoisotopic (exact) mass is 256 g/mol. The lowest BCUT2D eigenvalue weighted by Gasteiger charge is -2.29. The highest BCUT2D eigenvalue weighted by Gasteiger charge is 2.33. The molecule has 0 rings (SSSR count). The molecule has 0 fully saturated rings. The van der Waals surface area contributed by atoms with Crippen molar-refractivity contribution in [3.63, 3.8) is 0 Å². The van der Waals surface area contributed by atoms with Gasteiger partial charge < -0.3 is 11.1 Å². The molecule has 0 bridgehead atoms. The molecule has 4 nitrogen and oxygen atoms in total. The van der Waals surface area contributed by atoms with Gasteiger partial charge in [-0.05, 0) is 11.8 Å². The van der Waals surface area contributed by atoms with Gasteiger partial charge in [-0.3, -0.25) is 9.59 Å². The molecule has 2 unspecified atom stereocenters. The third-order valence-corrected chi connectivity index (χ3v) is 3.01. The van der Waals surface area contributed by atoms with E-state index in [9.17, 15) is 9.59 Å². The first-order chi connectivity index (χ1) is 7.98. The molecule has 0 aliphatic rings. The van der Waals surface area contributed by atoms with Crippen LogP contribution in [0.3, 0.4) is 0 Å². The first-order valence-corrected chi connectivity index (χ1v) is 6.58. The Morgan fingerprint density at radius 2 is 1.44 bits per heavy atom. The van der Waals surface area contributed by atoms with Crippen molar-refractivity contribution < 1.29 is 9.59 Å². The normalized spacial score (nSPS) is 15.7. The minimum Gasteiger partial charge on any atom is -0.345 e. The molecule has 0 radical (unpaired) electrons. The van der Waals surface area contributed by atoms with Crippen LogP contribution in [-0.4, -0.2) is 23.8 Å². The van der Waals surface area contributed by atoms with Crippen molar-refractivity contribution >= 4 is 11.7 Å². The summed E-state index contributed by atoms with van der Waals surface area (Å²) >= 11 is 0. The fourth-order valence-corrected chi connectivity index (χ4v) is 1.55. The van der Waals surface area contributed by atoms with Crippen LogP contribution in [0.25, 0.3) is 0 Å². The summed E-state index contributed by atoms with van der Waals surface area (Å²) in [5, 5.41) is 2.79. The SMILES string of the molecule is CC(C)C(N)C(=O)NC(C(=O)C(C)(C)C)C(C)C. The van der Waals surface area contributed by atoms with E-state index in [2.05, 4.69) is 5.32 Å². The topological polar surface area (TPSA) is 72.2 Å². The number of Topliss-reactive ketones (excluding diaryl/α,β-unsaturated/α-hetero) is 1. The molecule has 0 heterocycles. The molecule has 2 atom stereocenters. The smallest absolute Gasteiger partial charge is 0.237 e. The maximum atomic E-state index is 12.3. The molecule has 0 aromatic rings. The predicted molar refractivity (Wildman–Crippen MR) is 74.0 cm³/mol. The van der Waals surface area contributed by atoms with Gasteiger partial charge in [0.15, 0.2) is 5.78 Å². The van der Waals surface area contributed by atoms with E-state index in [1.54, 1.807) is 0 Å². The first-order valence-electron chi connectivity index (χ1n) is 6.58. The van der Waals surface area contributed by atoms with Crippen molar-refractivity contribution in [2.75, 3.05) is 0 Å². The van der Waals surface area contributed by atoms with E-state index >= 15 is 0 Å². The lowest BCUT2D eigenvalue weighted by atomic mass is 9.82. The van der Waals surface area contributed by atoms with Crippen molar-refractivity contribution in [1.29, 1.82) is 0 Å². The molecule has 0 spiro atoms. The molecule has 0 aromatic heterocycles. The molecule has 0 aliphatic heterocycles. The summed E-state index contributed by atoms with van der Waals surface area (Å²) in [6.45, 7) is 13.2. The van der Waals surface area contributed by atoms with Gasteiger partial charge in [0.25, 0.3) is 0 Å². The molecular formula is C14H28N2O2. The highest BCUT2D eigenvalue weighted by molar-refractivity contribution is 5.93. The third kappa shape index (κ3) is 4.77. The van der Waals surface area contributed by atoms with Crippen LogP contribution in [0.1, 0.15) is 48.5 Å². The molecule has 1 amide bonds. The fourth-order valence-electron chi connectivity index (χ4n) is 1.55. The number of hydrogen-bond acceptors (Lipinski definition) is 3. The van der Waals surface area contributed by atoms with Crippen LogP contribution in [0.2, 0.25) is 0 Å². The van der Waals surface area contributed by atoms with E-state index in [1.807, 2.05) is 48.5 Å². The molecule has 0 aliphatic carbocycles. The van der Waals surface area contributed by atoms with E-state index in [1.165, 1.54) is 0 Å². The van der Waals surface area contributed by atoms with Crippen LogP contribution >= 0.6 is 0 Å². The zero-order chi connectivity index (χ0) is 14.7. The molecule has 106 valence electrons. The zero-order valence-corrected chi connectivity index (χ0v) is 12.7. The van der Waals surface area contributed by atoms with Crippen molar-refractivity contribution in [1.82, 2.24) is 5.32 Å². The molecule has 0 aromatic carbocycles. The van der Waals surface area contributed by atoms with Crippen LogP contribution in [-0.2, 0) is 9.59 Å². The van der Waals surface area contributed by atoms with Crippen molar-refractivity contribution in [3.05, 3.63) is 0 Å². The number of ketones is 1. The quantitative estimate of drug-likeness (QED) is 0.786. The van der Waals surface area contributed by atoms with Crippen LogP contribution in [0.4, 0.5) is 0 Å². The highest BCUT2D eigenvalue weighted by atomic mass is 16.2. The Balaban J connectivity index is 4.86. The Hall–Kier alpha value is -0.900. The van der Waals surface area contributed by atoms with E-state index < -0.39 is 17.5 Å². The Kier molecular flexibility index (Phi) is 6.00. The summed E-state index contributed by atoms with van der Waals surface area (Å²) in [7, 11) is 0. The summed E-state index contributed by atoms with van der Waals surface area (Å²) < 4.78 is 0. The first kappa shape index (κ1) is 17.1. The number of nitrogens with two attached hydrogens (primary N) is 1. The molecule has 3 N–H and O–H groups in total. The third-order valence-electron chi connectivity index (χ3n) is 3.01. The number of carbonyl (C=O) groups excluding carboxylic acids is 2. The number of rotatable bonds is 5. The Labute approximate surface area is 111 Å². The van der Waals surface area contributed by atoms with Gasteiger partial charge in [0, 0.05) is 5.41 Å². The van der Waals surface area contributed by atoms with Gasteiger partial charge in [-0.1, -0.05) is 48.5 Å². The van der Waals surface area contributed by atoms with Crippen LogP contribution < -0.4 is 11.1 Å². The number of amides is 1. The van der Waals surface area contributed by atoms with Gasteiger partial charge in [0.1, 0.15) is 0 Å². The van der Waals surface area contributed by atoms with Gasteiger partial charge in [-0.25, -0.2) is 0 Å². The Bertz CT molecular complexity index is 303. The van der Waals surface area contributed by atoms with Crippen LogP contribution in [0.5, 0.6) is 0 Å². The molecule has 4 heteroatoms. The molecule has 0 saturated carbocycles. The standard InChI is InChI=1S/C14H28N2O2/c1-8(2)10(15)13(18)16-11(9(3)4)12(17)14(5,6)7/h8-11H,15H2,1-7H3,(H,16,18). The second kappa shape index (κ2) is 6.32. The summed E-state index contributed by atoms with van der Waals surface area (Å²) in [5.41, 5.74) is 5.33. The Morgan fingerprint density at radius 1 is 1.00 bits per heavy atom. The average molecular weight is 256 g/mol. The highest BCUT2D eigenvalue weighted by Crippen LogP contribution is 2.20. The molecular weight excluding hydrogens is 228 g/mol. The second-order valence-electron chi connectivity index (χ2n) is 6.61. The summed E-state index contributed by atoms with van der Waals surface area (Å²) in [5.74, 6) is -0.0919. The minimum absolute atomic E-state index is 0.0433. The van der Waals surface area contributed by atoms with Crippen LogP contribution in [0.15, 0.2) is 0 Å². The summed E-state index contributed by atoms with van der Waals surface area (Å²) in [6, 6.07) is -1.04. The summed E-state index contributed by atoms with van der Waals surface area (Å²) in [4.78, 5) is 24.2. The predicted octanol–water partition coefficient (Wildman–Crippen LogP) is 1.73. The lowest BCUT2D eigenvalue weighted by Crippen LogP contribution is -2.54. The maximum Gasteiger partial charge on any atom is 0.237 e. The summed E-state index contributed by atoms with van der Waals surface area (Å²) in [6.07, 6.45) is 0. The maximum absolute atomic E-state index is 12.3. The van der Waals surface area contributed by atoms with E-state index in [-0.39, 0.29) is 23.5 Å². The van der Waals surface area contributed by atoms with Gasteiger partial charge in [0.2, 0.25) is 5.91 Å². The van der Waals surface area contributed by atoms with E-state index in [4.69, 9.17) is 5.73 Å². The van der Waals surface area contributed by atoms with Crippen molar-refractivity contribution in [2.24, 2.45) is 23.0 Å². The zero-order valence-electron chi connectivity index (χ0n) is 12.7. The fraction of sp³-hybridized carbons (Fsp3) is 0.857. The second-order valence-corrected chi connectivity index (χ2v) is 6.61. The molecule has 18 heavy (non-hydrogen) atoms. The largest absolute Gasteiger partial charge is 0.345 e. The van der Waals surface area contributed by atoms with E-state index in [0.29, 0.717) is 0 Å². The number of nitrogens with one attached hydrogen (secondary N) is 1. The van der Waals surface area contributed by atoms with Gasteiger partial charge in [-0.2, -0.15) is 0 Å². The van der Waals surface area contributed by atoms with Crippen molar-refractivity contribution in [2.45, 2.75) is 60.5 Å². The average Bonchev–Trinajstić information content (AvgIpc) is 2.21. The number of carbonyl (C=O) groups is 2. The van der Waals surface area contributed by atoms with Crippen molar-refractivity contribution in [3.8, 4) is 0 Å². The minimum atomic E-state index is -0.570.